The number of hydrogen-bond donors (Lipinski definition) is 2. The van der Waals surface area contributed by atoms with Crippen LogP contribution in [0, 0.1) is 12.7 Å². The zero-order valence-corrected chi connectivity index (χ0v) is 17.8. The zero-order valence-electron chi connectivity index (χ0n) is 17.1. The Morgan fingerprint density at radius 1 is 1.32 bits per heavy atom. The Morgan fingerprint density at radius 3 is 2.84 bits per heavy atom. The van der Waals surface area contributed by atoms with E-state index in [9.17, 15) is 14.0 Å². The van der Waals surface area contributed by atoms with E-state index in [1.807, 2.05) is 6.92 Å². The minimum absolute atomic E-state index is 0.0850. The van der Waals surface area contributed by atoms with Crippen LogP contribution < -0.4 is 15.8 Å². The summed E-state index contributed by atoms with van der Waals surface area (Å²) >= 11 is 5.94. The monoisotopic (exact) mass is 446 g/mol. The maximum atomic E-state index is 14.1. The smallest absolute Gasteiger partial charge is 0.417 e. The van der Waals surface area contributed by atoms with Gasteiger partial charge in [0.05, 0.1) is 17.6 Å². The number of nitrogens with zero attached hydrogens (tertiary/aromatic N) is 4. The van der Waals surface area contributed by atoms with Gasteiger partial charge in [0, 0.05) is 16.0 Å². The number of carbonyl (C=O) groups excluding carboxylic acids is 1. The molecular formula is C20H20ClFN6O3. The number of H-pyrrole nitrogens is 1. The van der Waals surface area contributed by atoms with E-state index >= 15 is 0 Å². The van der Waals surface area contributed by atoms with Gasteiger partial charge in [0.25, 0.3) is 5.56 Å². The average molecular weight is 447 g/mol. The summed E-state index contributed by atoms with van der Waals surface area (Å²) < 4.78 is 19.2. The molecule has 3 heterocycles. The van der Waals surface area contributed by atoms with Crippen molar-refractivity contribution in [1.82, 2.24) is 19.9 Å². The SMILES string of the molecule is CC[C@H]1COC(=O)N1c1nc(C)nc(N[C@@H](C)c2cc3cc(Cl)cc(F)c3[nH]c2=O)n1. The van der Waals surface area contributed by atoms with Crippen LogP contribution in [0.3, 0.4) is 0 Å². The Morgan fingerprint density at radius 2 is 2.10 bits per heavy atom. The van der Waals surface area contributed by atoms with Gasteiger partial charge in [-0.2, -0.15) is 15.0 Å². The van der Waals surface area contributed by atoms with Crippen LogP contribution in [0.4, 0.5) is 21.1 Å². The predicted molar refractivity (Wildman–Crippen MR) is 114 cm³/mol. The lowest BCUT2D eigenvalue weighted by atomic mass is 10.1. The molecule has 1 saturated heterocycles. The van der Waals surface area contributed by atoms with E-state index in [1.54, 1.807) is 26.0 Å². The molecule has 1 amide bonds. The number of aromatic nitrogens is 4. The predicted octanol–water partition coefficient (Wildman–Crippen LogP) is 3.72. The topological polar surface area (TPSA) is 113 Å². The number of aryl methyl sites for hydroxylation is 1. The number of nitrogens with one attached hydrogen (secondary N) is 2. The fourth-order valence-corrected chi connectivity index (χ4v) is 3.71. The van der Waals surface area contributed by atoms with Crippen molar-refractivity contribution in [3.63, 3.8) is 0 Å². The molecule has 2 N–H and O–H groups in total. The third-order valence-corrected chi connectivity index (χ3v) is 5.31. The Kier molecular flexibility index (Phi) is 5.48. The van der Waals surface area contributed by atoms with E-state index in [2.05, 4.69) is 25.3 Å². The van der Waals surface area contributed by atoms with Crippen LogP contribution in [-0.2, 0) is 4.74 Å². The maximum absolute atomic E-state index is 14.1. The van der Waals surface area contributed by atoms with Gasteiger partial charge in [-0.05, 0) is 38.5 Å². The van der Waals surface area contributed by atoms with E-state index in [1.165, 1.54) is 4.90 Å². The molecule has 0 unspecified atom stereocenters. The molecule has 1 fully saturated rings. The number of rotatable bonds is 5. The number of aromatic amines is 1. The Bertz CT molecular complexity index is 1230. The number of amides is 1. The second kappa shape index (κ2) is 8.10. The van der Waals surface area contributed by atoms with Crippen molar-refractivity contribution < 1.29 is 13.9 Å². The molecule has 2 atom stereocenters. The Hall–Kier alpha value is -3.27. The fraction of sp³-hybridized carbons (Fsp3) is 0.350. The molecule has 4 rings (SSSR count). The van der Waals surface area contributed by atoms with E-state index in [0.29, 0.717) is 23.2 Å². The molecule has 0 saturated carbocycles. The van der Waals surface area contributed by atoms with E-state index in [4.69, 9.17) is 16.3 Å². The van der Waals surface area contributed by atoms with Crippen molar-refractivity contribution in [1.29, 1.82) is 0 Å². The lowest BCUT2D eigenvalue weighted by Crippen LogP contribution is -2.35. The van der Waals surface area contributed by atoms with Crippen LogP contribution in [0.2, 0.25) is 5.02 Å². The van der Waals surface area contributed by atoms with Gasteiger partial charge in [-0.1, -0.05) is 18.5 Å². The van der Waals surface area contributed by atoms with Crippen LogP contribution in [0.5, 0.6) is 0 Å². The van der Waals surface area contributed by atoms with Gasteiger partial charge in [-0.15, -0.1) is 0 Å². The standard InChI is InChI=1S/C20H20ClFN6O3/c1-4-13-8-31-20(30)28(13)19-25-10(3)24-18(27-19)23-9(2)14-6-11-5-12(21)7-15(22)16(11)26-17(14)29/h5-7,9,13H,4,8H2,1-3H3,(H,26,29)(H,23,24,25,27)/t9-,13-/m0/s1. The number of pyridine rings is 1. The highest BCUT2D eigenvalue weighted by molar-refractivity contribution is 6.31. The lowest BCUT2D eigenvalue weighted by Gasteiger charge is -2.20. The normalized spacial score (nSPS) is 17.1. The minimum Gasteiger partial charge on any atom is -0.447 e. The van der Waals surface area contributed by atoms with Gasteiger partial charge in [-0.25, -0.2) is 14.1 Å². The second-order valence-electron chi connectivity index (χ2n) is 7.29. The molecule has 3 aromatic rings. The number of fused-ring (bicyclic) bond motifs is 1. The summed E-state index contributed by atoms with van der Waals surface area (Å²) in [5.74, 6) is 0.169. The summed E-state index contributed by atoms with van der Waals surface area (Å²) in [6.07, 6.45) is 0.169. The van der Waals surface area contributed by atoms with Gasteiger partial charge in [0.2, 0.25) is 11.9 Å². The molecule has 11 heteroatoms. The highest BCUT2D eigenvalue weighted by Gasteiger charge is 2.35. The molecule has 0 aliphatic carbocycles. The van der Waals surface area contributed by atoms with Crippen molar-refractivity contribution in [3.8, 4) is 0 Å². The third-order valence-electron chi connectivity index (χ3n) is 5.09. The van der Waals surface area contributed by atoms with Gasteiger partial charge in [-0.3, -0.25) is 4.79 Å². The van der Waals surface area contributed by atoms with Gasteiger partial charge >= 0.3 is 6.09 Å². The first kappa shape index (κ1) is 21.0. The van der Waals surface area contributed by atoms with Gasteiger partial charge in [0.1, 0.15) is 18.2 Å². The van der Waals surface area contributed by atoms with Crippen molar-refractivity contribution in [2.45, 2.75) is 39.3 Å². The number of benzene rings is 1. The van der Waals surface area contributed by atoms with E-state index < -0.39 is 23.5 Å². The third kappa shape index (κ3) is 4.02. The van der Waals surface area contributed by atoms with E-state index in [0.717, 1.165) is 6.07 Å². The summed E-state index contributed by atoms with van der Waals surface area (Å²) in [5.41, 5.74) is -0.0171. The Labute approximate surface area is 181 Å². The number of ether oxygens (including phenoxy) is 1. The minimum atomic E-state index is -0.604. The van der Waals surface area contributed by atoms with Crippen LogP contribution in [-0.4, -0.2) is 38.7 Å². The summed E-state index contributed by atoms with van der Waals surface area (Å²) in [4.78, 5) is 41.5. The molecular weight excluding hydrogens is 427 g/mol. The molecule has 31 heavy (non-hydrogen) atoms. The average Bonchev–Trinajstić information content (AvgIpc) is 3.08. The van der Waals surface area contributed by atoms with Gasteiger partial charge in [0.15, 0.2) is 0 Å². The summed E-state index contributed by atoms with van der Waals surface area (Å²) in [6, 6.07) is 3.59. The molecule has 1 aliphatic heterocycles. The van der Waals surface area contributed by atoms with Crippen LogP contribution in [0.25, 0.3) is 10.9 Å². The first-order chi connectivity index (χ1) is 14.8. The van der Waals surface area contributed by atoms with Crippen LogP contribution in [0.1, 0.15) is 37.7 Å². The van der Waals surface area contributed by atoms with Crippen LogP contribution >= 0.6 is 11.6 Å². The number of carbonyl (C=O) groups is 1. The first-order valence-corrected chi connectivity index (χ1v) is 10.1. The summed E-state index contributed by atoms with van der Waals surface area (Å²) in [5, 5.41) is 3.75. The van der Waals surface area contributed by atoms with Crippen LogP contribution in [0.15, 0.2) is 23.0 Å². The molecule has 0 radical (unpaired) electrons. The highest BCUT2D eigenvalue weighted by Crippen LogP contribution is 2.25. The molecule has 0 spiro atoms. The summed E-state index contributed by atoms with van der Waals surface area (Å²) in [7, 11) is 0. The maximum Gasteiger partial charge on any atom is 0.417 e. The highest BCUT2D eigenvalue weighted by atomic mass is 35.5. The second-order valence-corrected chi connectivity index (χ2v) is 7.72. The largest absolute Gasteiger partial charge is 0.447 e. The zero-order chi connectivity index (χ0) is 22.3. The molecule has 1 aromatic carbocycles. The van der Waals surface area contributed by atoms with Crippen molar-refractivity contribution in [2.75, 3.05) is 16.8 Å². The molecule has 1 aliphatic rings. The molecule has 2 aromatic heterocycles. The number of anilines is 2. The van der Waals surface area contributed by atoms with Crippen molar-refractivity contribution in [3.05, 3.63) is 50.8 Å². The van der Waals surface area contributed by atoms with E-state index in [-0.39, 0.29) is 35.1 Å². The number of halogens is 2. The lowest BCUT2D eigenvalue weighted by molar-refractivity contribution is 0.178. The fourth-order valence-electron chi connectivity index (χ4n) is 3.50. The van der Waals surface area contributed by atoms with Gasteiger partial charge < -0.3 is 15.0 Å². The van der Waals surface area contributed by atoms with Crippen molar-refractivity contribution >= 4 is 40.5 Å². The van der Waals surface area contributed by atoms with Crippen molar-refractivity contribution in [2.24, 2.45) is 0 Å². The molecule has 9 nitrogen and oxygen atoms in total. The quantitative estimate of drug-likeness (QED) is 0.614. The molecule has 162 valence electrons. The Balaban J connectivity index is 1.67. The number of cyclic esters (lactones) is 1. The first-order valence-electron chi connectivity index (χ1n) is 9.74. The summed E-state index contributed by atoms with van der Waals surface area (Å²) in [6.45, 7) is 5.63. The number of hydrogen-bond acceptors (Lipinski definition) is 7. The molecule has 0 bridgehead atoms.